The summed E-state index contributed by atoms with van der Waals surface area (Å²) in [5.74, 6) is -1.17. The SMILES string of the molecule is CCOc1cc(C(Cc2ccc(C(=N)N)cc2)c2nn(-c3ncccc3N)c(=O)[nH]2)ccc1OC.O=C(O)C(F)(F)F. The maximum atomic E-state index is 12.8. The van der Waals surface area contributed by atoms with E-state index in [-0.39, 0.29) is 17.6 Å². The smallest absolute Gasteiger partial charge is 0.490 e. The number of aromatic amines is 1. The van der Waals surface area contributed by atoms with Crippen LogP contribution >= 0.6 is 0 Å². The van der Waals surface area contributed by atoms with Gasteiger partial charge in [-0.3, -0.25) is 10.4 Å². The number of nitrogens with two attached hydrogens (primary N) is 2. The topological polar surface area (TPSA) is 195 Å². The van der Waals surface area contributed by atoms with Gasteiger partial charge in [0.2, 0.25) is 0 Å². The number of carboxylic acid groups (broad SMARTS) is 1. The Morgan fingerprint density at radius 2 is 1.83 bits per heavy atom. The summed E-state index contributed by atoms with van der Waals surface area (Å²) in [7, 11) is 1.59. The number of nitrogens with one attached hydrogen (secondary N) is 2. The van der Waals surface area contributed by atoms with Crippen molar-refractivity contribution in [3.63, 3.8) is 0 Å². The van der Waals surface area contributed by atoms with Crippen LogP contribution < -0.4 is 26.6 Å². The Balaban J connectivity index is 0.000000616. The van der Waals surface area contributed by atoms with E-state index in [1.54, 1.807) is 37.6 Å². The van der Waals surface area contributed by atoms with Crippen LogP contribution in [0.1, 0.15) is 35.4 Å². The van der Waals surface area contributed by atoms with Crippen LogP contribution in [-0.4, -0.2) is 56.6 Å². The van der Waals surface area contributed by atoms with Gasteiger partial charge in [-0.05, 0) is 48.7 Å². The number of amidine groups is 1. The highest BCUT2D eigenvalue weighted by molar-refractivity contribution is 5.94. The number of methoxy groups -OCH3 is 1. The second kappa shape index (κ2) is 13.3. The number of aliphatic carboxylic acids is 1. The summed E-state index contributed by atoms with van der Waals surface area (Å²) in [6, 6.07) is 16.4. The highest BCUT2D eigenvalue weighted by Gasteiger charge is 2.38. The number of H-pyrrole nitrogens is 1. The molecule has 15 heteroatoms. The van der Waals surface area contributed by atoms with Gasteiger partial charge in [-0.2, -0.15) is 17.9 Å². The van der Waals surface area contributed by atoms with Crippen molar-refractivity contribution in [1.29, 1.82) is 5.41 Å². The average molecular weight is 588 g/mol. The minimum atomic E-state index is -5.08. The number of nitrogens with zero attached hydrogens (tertiary/aromatic N) is 3. The molecule has 2 aromatic carbocycles. The van der Waals surface area contributed by atoms with Crippen LogP contribution in [0.2, 0.25) is 0 Å². The third kappa shape index (κ3) is 7.65. The van der Waals surface area contributed by atoms with Crippen LogP contribution in [0, 0.1) is 5.41 Å². The highest BCUT2D eigenvalue weighted by Crippen LogP contribution is 2.34. The van der Waals surface area contributed by atoms with Crippen LogP contribution in [0.15, 0.2) is 65.6 Å². The Kier molecular flexibility index (Phi) is 9.91. The number of pyridine rings is 1. The van der Waals surface area contributed by atoms with Crippen molar-refractivity contribution in [2.45, 2.75) is 25.4 Å². The van der Waals surface area contributed by atoms with E-state index in [0.29, 0.717) is 41.6 Å². The average Bonchev–Trinajstić information content (AvgIpc) is 3.33. The zero-order valence-corrected chi connectivity index (χ0v) is 22.5. The van der Waals surface area contributed by atoms with Crippen molar-refractivity contribution < 1.29 is 32.5 Å². The van der Waals surface area contributed by atoms with Crippen molar-refractivity contribution in [2.24, 2.45) is 5.73 Å². The number of carbonyl (C=O) groups is 1. The van der Waals surface area contributed by atoms with E-state index in [2.05, 4.69) is 15.1 Å². The van der Waals surface area contributed by atoms with E-state index in [1.807, 2.05) is 37.3 Å². The summed E-state index contributed by atoms with van der Waals surface area (Å²) in [5.41, 5.74) is 14.0. The van der Waals surface area contributed by atoms with Crippen LogP contribution in [0.3, 0.4) is 0 Å². The molecule has 12 nitrogen and oxygen atoms in total. The predicted molar refractivity (Wildman–Crippen MR) is 147 cm³/mol. The van der Waals surface area contributed by atoms with Gasteiger partial charge in [0.25, 0.3) is 0 Å². The quantitative estimate of drug-likeness (QED) is 0.144. The molecule has 2 aromatic heterocycles. The van der Waals surface area contributed by atoms with Crippen LogP contribution in [-0.2, 0) is 11.2 Å². The van der Waals surface area contributed by atoms with Gasteiger partial charge in [-0.25, -0.2) is 14.6 Å². The van der Waals surface area contributed by atoms with Gasteiger partial charge >= 0.3 is 17.8 Å². The normalized spacial score (nSPS) is 11.6. The molecule has 0 radical (unpaired) electrons. The number of anilines is 1. The van der Waals surface area contributed by atoms with E-state index >= 15 is 0 Å². The zero-order chi connectivity index (χ0) is 31.0. The van der Waals surface area contributed by atoms with E-state index in [9.17, 15) is 18.0 Å². The summed E-state index contributed by atoms with van der Waals surface area (Å²) in [4.78, 5) is 28.8. The Hall–Kier alpha value is -5.34. The standard InChI is InChI=1S/C25H27N7O3.C2HF3O2/c1-3-35-21-14-17(10-11-20(21)34-2)18(13-15-6-8-16(9-7-15)22(27)28)23-30-25(33)32(31-23)24-19(26)5-4-12-29-24;3-2(4,5)1(6)7/h4-12,14,18H,3,13,26H2,1-2H3,(H3,27,28)(H,30,31,33);(H,6,7). The summed E-state index contributed by atoms with van der Waals surface area (Å²) in [6.45, 7) is 2.37. The molecule has 7 N–H and O–H groups in total. The molecule has 0 aliphatic carbocycles. The Bertz CT molecular complexity index is 1600. The number of nitrogen functional groups attached to an aromatic ring is 2. The fraction of sp³-hybridized carbons (Fsp3) is 0.222. The molecule has 222 valence electrons. The summed E-state index contributed by atoms with van der Waals surface area (Å²) in [6.07, 6.45) is -3.01. The number of halogens is 3. The third-order valence-corrected chi connectivity index (χ3v) is 5.82. The maximum absolute atomic E-state index is 12.8. The molecule has 0 fully saturated rings. The van der Waals surface area contributed by atoms with Gasteiger partial charge in [-0.15, -0.1) is 5.10 Å². The van der Waals surface area contributed by atoms with Gasteiger partial charge in [0.1, 0.15) is 11.7 Å². The lowest BCUT2D eigenvalue weighted by molar-refractivity contribution is -0.192. The van der Waals surface area contributed by atoms with E-state index < -0.39 is 17.8 Å². The number of rotatable bonds is 9. The Morgan fingerprint density at radius 3 is 2.38 bits per heavy atom. The number of hydrogen-bond acceptors (Lipinski definition) is 8. The third-order valence-electron chi connectivity index (χ3n) is 5.82. The summed E-state index contributed by atoms with van der Waals surface area (Å²) < 4.78 is 44.1. The largest absolute Gasteiger partial charge is 0.493 e. The van der Waals surface area contributed by atoms with Gasteiger partial charge < -0.3 is 26.0 Å². The first kappa shape index (κ1) is 31.2. The molecule has 0 saturated carbocycles. The second-order valence-corrected chi connectivity index (χ2v) is 8.66. The number of alkyl halides is 3. The number of aromatic nitrogens is 4. The maximum Gasteiger partial charge on any atom is 0.490 e. The minimum absolute atomic E-state index is 0.000587. The molecule has 42 heavy (non-hydrogen) atoms. The van der Waals surface area contributed by atoms with Gasteiger partial charge in [0.15, 0.2) is 17.3 Å². The first-order chi connectivity index (χ1) is 19.8. The molecular formula is C27H28F3N7O5. The van der Waals surface area contributed by atoms with Crippen molar-refractivity contribution >= 4 is 17.5 Å². The minimum Gasteiger partial charge on any atom is -0.493 e. The molecule has 2 heterocycles. The Morgan fingerprint density at radius 1 is 1.17 bits per heavy atom. The number of ether oxygens (including phenoxy) is 2. The lowest BCUT2D eigenvalue weighted by atomic mass is 9.90. The number of carboxylic acids is 1. The monoisotopic (exact) mass is 587 g/mol. The summed E-state index contributed by atoms with van der Waals surface area (Å²) in [5, 5.41) is 19.3. The van der Waals surface area contributed by atoms with Crippen LogP contribution in [0.25, 0.3) is 5.82 Å². The molecule has 0 aliphatic rings. The Labute approximate surface area is 237 Å². The molecule has 4 rings (SSSR count). The first-order valence-corrected chi connectivity index (χ1v) is 12.3. The van der Waals surface area contributed by atoms with Gasteiger partial charge in [-0.1, -0.05) is 30.3 Å². The molecule has 0 amide bonds. The lowest BCUT2D eigenvalue weighted by Crippen LogP contribution is -2.21. The predicted octanol–water partition coefficient (Wildman–Crippen LogP) is 3.24. The molecular weight excluding hydrogens is 559 g/mol. The van der Waals surface area contributed by atoms with E-state index in [4.69, 9.17) is 36.3 Å². The lowest BCUT2D eigenvalue weighted by Gasteiger charge is -2.18. The van der Waals surface area contributed by atoms with Crippen LogP contribution in [0.5, 0.6) is 11.5 Å². The molecule has 0 spiro atoms. The van der Waals surface area contributed by atoms with Crippen molar-refractivity contribution in [3.05, 3.63) is 93.8 Å². The van der Waals surface area contributed by atoms with Crippen LogP contribution in [0.4, 0.5) is 18.9 Å². The molecule has 0 saturated heterocycles. The molecule has 1 unspecified atom stereocenters. The zero-order valence-electron chi connectivity index (χ0n) is 22.5. The first-order valence-electron chi connectivity index (χ1n) is 12.3. The fourth-order valence-electron chi connectivity index (χ4n) is 3.83. The molecule has 4 aromatic rings. The van der Waals surface area contributed by atoms with E-state index in [1.165, 1.54) is 4.68 Å². The van der Waals surface area contributed by atoms with Gasteiger partial charge in [0, 0.05) is 17.7 Å². The van der Waals surface area contributed by atoms with Crippen molar-refractivity contribution in [3.8, 4) is 17.3 Å². The number of benzene rings is 2. The molecule has 0 aliphatic heterocycles. The van der Waals surface area contributed by atoms with Crippen molar-refractivity contribution in [2.75, 3.05) is 19.5 Å². The van der Waals surface area contributed by atoms with E-state index in [0.717, 1.165) is 11.1 Å². The summed E-state index contributed by atoms with van der Waals surface area (Å²) >= 11 is 0. The molecule has 0 bridgehead atoms. The van der Waals surface area contributed by atoms with Gasteiger partial charge in [0.05, 0.1) is 19.4 Å². The van der Waals surface area contributed by atoms with Crippen molar-refractivity contribution in [1.82, 2.24) is 19.7 Å². The fourth-order valence-corrected chi connectivity index (χ4v) is 3.83. The highest BCUT2D eigenvalue weighted by atomic mass is 19.4. The number of hydrogen-bond donors (Lipinski definition) is 5. The second-order valence-electron chi connectivity index (χ2n) is 8.66. The molecule has 1 atom stereocenters.